The zero-order valence-electron chi connectivity index (χ0n) is 25.5. The van der Waals surface area contributed by atoms with Crippen molar-refractivity contribution in [1.29, 1.82) is 0 Å². The van der Waals surface area contributed by atoms with Crippen molar-refractivity contribution in [2.24, 2.45) is 0 Å². The average Bonchev–Trinajstić information content (AvgIpc) is 3.08. The summed E-state index contributed by atoms with van der Waals surface area (Å²) in [6, 6.07) is 26.5. The number of nitrogens with one attached hydrogen (secondary N) is 1. The van der Waals surface area contributed by atoms with E-state index in [4.69, 9.17) is 14.2 Å². The Balaban J connectivity index is 1.45. The van der Waals surface area contributed by atoms with Gasteiger partial charge in [-0.15, -0.1) is 0 Å². The van der Waals surface area contributed by atoms with E-state index in [1.54, 1.807) is 48.5 Å². The second kappa shape index (κ2) is 13.9. The Hall–Kier alpha value is -5.52. The fourth-order valence-electron chi connectivity index (χ4n) is 5.08. The van der Waals surface area contributed by atoms with Crippen LogP contribution in [0.5, 0.6) is 11.5 Å². The number of fused-ring (bicyclic) bond motifs is 1. The average molecular weight is 649 g/mol. The molecule has 0 aliphatic carbocycles. The van der Waals surface area contributed by atoms with Crippen LogP contribution < -0.4 is 19.7 Å². The van der Waals surface area contributed by atoms with Crippen LogP contribution in [0.2, 0.25) is 0 Å². The van der Waals surface area contributed by atoms with Gasteiger partial charge in [-0.25, -0.2) is 9.59 Å². The van der Waals surface area contributed by atoms with E-state index in [-0.39, 0.29) is 37.7 Å². The molecule has 0 fully saturated rings. The molecule has 47 heavy (non-hydrogen) atoms. The summed E-state index contributed by atoms with van der Waals surface area (Å²) >= 11 is 0. The molecule has 0 saturated carbocycles. The van der Waals surface area contributed by atoms with Gasteiger partial charge in [0.1, 0.15) is 24.7 Å². The number of hydrogen-bond acceptors (Lipinski definition) is 7. The monoisotopic (exact) mass is 648 g/mol. The summed E-state index contributed by atoms with van der Waals surface area (Å²) in [5.41, 5.74) is -2.02. The normalized spacial score (nSPS) is 15.7. The quantitative estimate of drug-likeness (QED) is 0.192. The van der Waals surface area contributed by atoms with Gasteiger partial charge in [0.15, 0.2) is 0 Å². The van der Waals surface area contributed by atoms with Crippen molar-refractivity contribution in [3.63, 3.8) is 0 Å². The molecule has 1 aliphatic heterocycles. The molecule has 4 aromatic carbocycles. The topological polar surface area (TPSA) is 103 Å². The first-order valence-electron chi connectivity index (χ1n) is 14.6. The Morgan fingerprint density at radius 3 is 2.19 bits per heavy atom. The fourth-order valence-corrected chi connectivity index (χ4v) is 5.08. The maximum absolute atomic E-state index is 14.2. The number of rotatable bonds is 10. The number of esters is 1. The highest BCUT2D eigenvalue weighted by atomic mass is 19.4. The summed E-state index contributed by atoms with van der Waals surface area (Å²) in [6.07, 6.45) is -5.71. The van der Waals surface area contributed by atoms with Gasteiger partial charge in [-0.05, 0) is 42.3 Å². The third-order valence-corrected chi connectivity index (χ3v) is 7.52. The molecule has 0 bridgehead atoms. The van der Waals surface area contributed by atoms with E-state index in [1.807, 2.05) is 36.4 Å². The minimum atomic E-state index is -4.94. The maximum atomic E-state index is 14.2. The van der Waals surface area contributed by atoms with Crippen molar-refractivity contribution < 1.29 is 46.5 Å². The second-order valence-electron chi connectivity index (χ2n) is 10.7. The van der Waals surface area contributed by atoms with Crippen LogP contribution in [-0.4, -0.2) is 38.2 Å². The summed E-state index contributed by atoms with van der Waals surface area (Å²) in [5, 5.41) is 2.56. The molecule has 5 rings (SSSR count). The molecule has 2 amide bonds. The van der Waals surface area contributed by atoms with Crippen LogP contribution in [0, 0.1) is 0 Å². The molecule has 0 aromatic heterocycles. The highest BCUT2D eigenvalue weighted by Crippen LogP contribution is 2.46. The Labute approximate surface area is 268 Å². The molecule has 0 saturated heterocycles. The second-order valence-corrected chi connectivity index (χ2v) is 10.7. The lowest BCUT2D eigenvalue weighted by molar-refractivity contribution is -0.138. The number of amides is 2. The van der Waals surface area contributed by atoms with E-state index >= 15 is 0 Å². The number of benzene rings is 4. The number of halogens is 3. The lowest BCUT2D eigenvalue weighted by atomic mass is 9.91. The number of alkyl carbamates (subject to hydrolysis) is 1. The van der Waals surface area contributed by atoms with E-state index in [1.165, 1.54) is 11.8 Å². The summed E-state index contributed by atoms with van der Waals surface area (Å²) in [5.74, 6) is -1.79. The molecule has 1 unspecified atom stereocenters. The summed E-state index contributed by atoms with van der Waals surface area (Å²) in [6.45, 7) is 1.35. The number of carbonyl (C=O) groups is 3. The number of methoxy groups -OCH3 is 1. The summed E-state index contributed by atoms with van der Waals surface area (Å²) < 4.78 is 64.3. The number of alkyl halides is 3. The van der Waals surface area contributed by atoms with Gasteiger partial charge in [0.05, 0.1) is 23.9 Å². The Morgan fingerprint density at radius 1 is 0.894 bits per heavy atom. The van der Waals surface area contributed by atoms with Gasteiger partial charge in [-0.2, -0.15) is 13.2 Å². The van der Waals surface area contributed by atoms with Crippen LogP contribution in [0.1, 0.15) is 39.5 Å². The van der Waals surface area contributed by atoms with Crippen LogP contribution in [0.3, 0.4) is 0 Å². The minimum absolute atomic E-state index is 0.00938. The number of anilines is 1. The van der Waals surface area contributed by atoms with Gasteiger partial charge in [-0.1, -0.05) is 72.8 Å². The van der Waals surface area contributed by atoms with Gasteiger partial charge >= 0.3 is 18.2 Å². The van der Waals surface area contributed by atoms with Gasteiger partial charge < -0.3 is 29.2 Å². The van der Waals surface area contributed by atoms with E-state index < -0.39 is 40.9 Å². The predicted molar refractivity (Wildman–Crippen MR) is 165 cm³/mol. The SMILES string of the molecule is COC(=O)c1cc2c(cc1C(F)(F)F)OC(C)(c1cccc(OCc3ccccc3)c1)C(=O)N2CCNC(=O)OCc1ccccc1. The molecule has 244 valence electrons. The molecule has 0 radical (unpaired) electrons. The van der Waals surface area contributed by atoms with Crippen molar-refractivity contribution >= 4 is 23.7 Å². The lowest BCUT2D eigenvalue weighted by Gasteiger charge is -2.41. The molecule has 4 aromatic rings. The molecule has 9 nitrogen and oxygen atoms in total. The molecule has 1 atom stereocenters. The standard InChI is InChI=1S/C35H31F3N2O7/c1-34(25-14-9-15-26(18-25)45-21-23-10-5-3-6-11-23)32(42)40(17-16-39-33(43)46-22-24-12-7-4-8-13-24)29-19-27(31(41)44-2)28(35(36,37)38)20-30(29)47-34/h3-15,18-20H,16-17,21-22H2,1-2H3,(H,39,43). The van der Waals surface area contributed by atoms with Crippen molar-refractivity contribution in [2.75, 3.05) is 25.1 Å². The van der Waals surface area contributed by atoms with Crippen LogP contribution >= 0.6 is 0 Å². The molecular formula is C35H31F3N2O7. The molecule has 1 aliphatic rings. The molecule has 1 heterocycles. The first-order valence-corrected chi connectivity index (χ1v) is 14.6. The third kappa shape index (κ3) is 7.49. The highest BCUT2D eigenvalue weighted by Gasteiger charge is 2.48. The third-order valence-electron chi connectivity index (χ3n) is 7.52. The molecule has 0 spiro atoms. The highest BCUT2D eigenvalue weighted by molar-refractivity contribution is 6.05. The van der Waals surface area contributed by atoms with Crippen LogP contribution in [0.25, 0.3) is 0 Å². The summed E-state index contributed by atoms with van der Waals surface area (Å²) in [7, 11) is 0.955. The number of hydrogen-bond donors (Lipinski definition) is 1. The van der Waals surface area contributed by atoms with Crippen LogP contribution in [0.15, 0.2) is 97.1 Å². The molecule has 12 heteroatoms. The zero-order valence-corrected chi connectivity index (χ0v) is 25.5. The number of ether oxygens (including phenoxy) is 4. The van der Waals surface area contributed by atoms with Crippen molar-refractivity contribution in [3.8, 4) is 11.5 Å². The predicted octanol–water partition coefficient (Wildman–Crippen LogP) is 6.64. The summed E-state index contributed by atoms with van der Waals surface area (Å²) in [4.78, 5) is 40.2. The maximum Gasteiger partial charge on any atom is 0.417 e. The minimum Gasteiger partial charge on any atom is -0.489 e. The largest absolute Gasteiger partial charge is 0.489 e. The Kier molecular flexibility index (Phi) is 9.69. The van der Waals surface area contributed by atoms with Gasteiger partial charge in [0, 0.05) is 18.7 Å². The van der Waals surface area contributed by atoms with Crippen LogP contribution in [-0.2, 0) is 39.3 Å². The first kappa shape index (κ1) is 32.9. The first-order chi connectivity index (χ1) is 22.5. The number of nitrogens with zero attached hydrogens (tertiary/aromatic N) is 1. The zero-order chi connectivity index (χ0) is 33.6. The lowest BCUT2D eigenvalue weighted by Crippen LogP contribution is -2.54. The van der Waals surface area contributed by atoms with Gasteiger partial charge in [0.25, 0.3) is 5.91 Å². The molecular weight excluding hydrogens is 617 g/mol. The van der Waals surface area contributed by atoms with Crippen molar-refractivity contribution in [1.82, 2.24) is 5.32 Å². The van der Waals surface area contributed by atoms with E-state index in [0.717, 1.165) is 24.3 Å². The van der Waals surface area contributed by atoms with Crippen LogP contribution in [0.4, 0.5) is 23.7 Å². The van der Waals surface area contributed by atoms with Crippen molar-refractivity contribution in [3.05, 3.63) is 125 Å². The fraction of sp³-hybridized carbons (Fsp3) is 0.229. The number of carbonyl (C=O) groups excluding carboxylic acids is 3. The van der Waals surface area contributed by atoms with E-state index in [2.05, 4.69) is 10.1 Å². The molecule has 1 N–H and O–H groups in total. The van der Waals surface area contributed by atoms with Gasteiger partial charge in [-0.3, -0.25) is 4.79 Å². The Bertz CT molecular complexity index is 1750. The van der Waals surface area contributed by atoms with E-state index in [0.29, 0.717) is 17.4 Å². The van der Waals surface area contributed by atoms with E-state index in [9.17, 15) is 27.6 Å². The van der Waals surface area contributed by atoms with Crippen molar-refractivity contribution in [2.45, 2.75) is 31.9 Å². The Morgan fingerprint density at radius 2 is 1.55 bits per heavy atom. The van der Waals surface area contributed by atoms with Gasteiger partial charge in [0.2, 0.25) is 5.60 Å². The smallest absolute Gasteiger partial charge is 0.417 e.